The van der Waals surface area contributed by atoms with E-state index in [1.54, 1.807) is 11.8 Å². The Morgan fingerprint density at radius 3 is 2.32 bits per heavy atom. The van der Waals surface area contributed by atoms with Crippen molar-refractivity contribution in [2.24, 2.45) is 0 Å². The molecule has 1 N–H and O–H groups in total. The molecular formula is C23H25N5O3. The molecule has 8 nitrogen and oxygen atoms in total. The second kappa shape index (κ2) is 9.09. The van der Waals surface area contributed by atoms with Gasteiger partial charge in [-0.2, -0.15) is 0 Å². The molecule has 1 amide bonds. The molecule has 1 aromatic heterocycles. The Kier molecular flexibility index (Phi) is 6.08. The topological polar surface area (TPSA) is 91.6 Å². The molecule has 0 spiro atoms. The number of aliphatic hydroxyl groups is 1. The fraction of sp³-hybridized carbons (Fsp3) is 0.304. The van der Waals surface area contributed by atoms with E-state index in [2.05, 4.69) is 15.0 Å². The van der Waals surface area contributed by atoms with Crippen molar-refractivity contribution in [3.8, 4) is 0 Å². The molecule has 0 radical (unpaired) electrons. The summed E-state index contributed by atoms with van der Waals surface area (Å²) < 4.78 is 1.50. The molecule has 1 fully saturated rings. The van der Waals surface area contributed by atoms with Crippen molar-refractivity contribution in [3.05, 3.63) is 77.9 Å². The van der Waals surface area contributed by atoms with Crippen LogP contribution in [0.2, 0.25) is 0 Å². The number of piperazine rings is 1. The molecule has 1 unspecified atom stereocenters. The Balaban J connectivity index is 1.33. The standard InChI is InChI=1S/C23H25N5O3/c1-17(29)18-7-9-20(10-8-18)26-11-13-27(14-12-26)23(31)22-24-16-28(25-22)15-21(30)19-5-3-2-4-6-19/h2-10,16,21,30H,11-15H2,1H3. The normalized spacial score (nSPS) is 15.0. The Labute approximate surface area is 180 Å². The van der Waals surface area contributed by atoms with Crippen LogP contribution in [0.15, 0.2) is 60.9 Å². The maximum atomic E-state index is 12.8. The fourth-order valence-electron chi connectivity index (χ4n) is 3.65. The van der Waals surface area contributed by atoms with Crippen LogP contribution in [-0.4, -0.2) is 62.6 Å². The van der Waals surface area contributed by atoms with E-state index in [1.807, 2.05) is 54.6 Å². The van der Waals surface area contributed by atoms with Crippen LogP contribution in [0.5, 0.6) is 0 Å². The van der Waals surface area contributed by atoms with E-state index >= 15 is 0 Å². The smallest absolute Gasteiger partial charge is 0.293 e. The van der Waals surface area contributed by atoms with Crippen molar-refractivity contribution in [2.75, 3.05) is 31.1 Å². The summed E-state index contributed by atoms with van der Waals surface area (Å²) in [6, 6.07) is 16.9. The van der Waals surface area contributed by atoms with Crippen LogP contribution in [0, 0.1) is 0 Å². The Bertz CT molecular complexity index is 1040. The maximum Gasteiger partial charge on any atom is 0.293 e. The van der Waals surface area contributed by atoms with Gasteiger partial charge in [-0.1, -0.05) is 30.3 Å². The quantitative estimate of drug-likeness (QED) is 0.616. The largest absolute Gasteiger partial charge is 0.386 e. The first-order chi connectivity index (χ1) is 15.0. The molecule has 160 valence electrons. The van der Waals surface area contributed by atoms with Crippen LogP contribution >= 0.6 is 0 Å². The van der Waals surface area contributed by atoms with E-state index in [9.17, 15) is 14.7 Å². The minimum absolute atomic E-state index is 0.0465. The second-order valence-electron chi connectivity index (χ2n) is 7.60. The lowest BCUT2D eigenvalue weighted by molar-refractivity contribution is 0.0732. The van der Waals surface area contributed by atoms with Crippen molar-refractivity contribution >= 4 is 17.4 Å². The van der Waals surface area contributed by atoms with E-state index in [0.717, 1.165) is 11.3 Å². The fourth-order valence-corrected chi connectivity index (χ4v) is 3.65. The van der Waals surface area contributed by atoms with Crippen LogP contribution in [-0.2, 0) is 6.54 Å². The summed E-state index contributed by atoms with van der Waals surface area (Å²) in [7, 11) is 0. The number of carbonyl (C=O) groups excluding carboxylic acids is 2. The highest BCUT2D eigenvalue weighted by Crippen LogP contribution is 2.18. The average Bonchev–Trinajstić information content (AvgIpc) is 3.28. The SMILES string of the molecule is CC(=O)c1ccc(N2CCN(C(=O)c3ncn(CC(O)c4ccccc4)n3)CC2)cc1. The molecular weight excluding hydrogens is 394 g/mol. The maximum absolute atomic E-state index is 12.8. The number of benzene rings is 2. The summed E-state index contributed by atoms with van der Waals surface area (Å²) in [5, 5.41) is 14.6. The number of rotatable bonds is 6. The molecule has 0 saturated carbocycles. The molecule has 2 heterocycles. The van der Waals surface area contributed by atoms with Gasteiger partial charge in [-0.25, -0.2) is 9.67 Å². The first-order valence-electron chi connectivity index (χ1n) is 10.3. The van der Waals surface area contributed by atoms with Gasteiger partial charge >= 0.3 is 0 Å². The summed E-state index contributed by atoms with van der Waals surface area (Å²) in [6.45, 7) is 4.30. The molecule has 8 heteroatoms. The van der Waals surface area contributed by atoms with Crippen LogP contribution in [0.1, 0.15) is 39.6 Å². The predicted octanol–water partition coefficient (Wildman–Crippen LogP) is 2.18. The number of nitrogens with zero attached hydrogens (tertiary/aromatic N) is 5. The van der Waals surface area contributed by atoms with Crippen molar-refractivity contribution in [3.63, 3.8) is 0 Å². The molecule has 1 saturated heterocycles. The molecule has 0 bridgehead atoms. The number of aromatic nitrogens is 3. The lowest BCUT2D eigenvalue weighted by Gasteiger charge is -2.35. The first-order valence-corrected chi connectivity index (χ1v) is 10.3. The molecule has 31 heavy (non-hydrogen) atoms. The minimum atomic E-state index is -0.719. The average molecular weight is 419 g/mol. The van der Waals surface area contributed by atoms with Gasteiger partial charge in [-0.05, 0) is 36.8 Å². The number of amides is 1. The van der Waals surface area contributed by atoms with E-state index in [4.69, 9.17) is 0 Å². The van der Waals surface area contributed by atoms with Crippen LogP contribution < -0.4 is 4.90 Å². The van der Waals surface area contributed by atoms with E-state index < -0.39 is 6.10 Å². The number of aliphatic hydroxyl groups excluding tert-OH is 1. The van der Waals surface area contributed by atoms with Crippen LogP contribution in [0.3, 0.4) is 0 Å². The molecule has 0 aliphatic carbocycles. The molecule has 1 atom stereocenters. The van der Waals surface area contributed by atoms with Crippen molar-refractivity contribution in [1.82, 2.24) is 19.7 Å². The van der Waals surface area contributed by atoms with Gasteiger partial charge in [0.25, 0.3) is 5.91 Å². The molecule has 2 aromatic carbocycles. The van der Waals surface area contributed by atoms with Gasteiger partial charge in [-0.15, -0.1) is 5.10 Å². The lowest BCUT2D eigenvalue weighted by Crippen LogP contribution is -2.49. The summed E-state index contributed by atoms with van der Waals surface area (Å²) >= 11 is 0. The number of hydrogen-bond donors (Lipinski definition) is 1. The molecule has 4 rings (SSSR count). The van der Waals surface area contributed by atoms with E-state index in [-0.39, 0.29) is 24.1 Å². The molecule has 3 aromatic rings. The third-order valence-corrected chi connectivity index (χ3v) is 5.48. The summed E-state index contributed by atoms with van der Waals surface area (Å²) in [5.41, 5.74) is 2.52. The zero-order chi connectivity index (χ0) is 21.8. The summed E-state index contributed by atoms with van der Waals surface area (Å²) in [4.78, 5) is 32.3. The number of anilines is 1. The van der Waals surface area contributed by atoms with Crippen molar-refractivity contribution in [2.45, 2.75) is 19.6 Å². The minimum Gasteiger partial charge on any atom is -0.386 e. The van der Waals surface area contributed by atoms with Crippen molar-refractivity contribution in [1.29, 1.82) is 0 Å². The van der Waals surface area contributed by atoms with Gasteiger partial charge in [-0.3, -0.25) is 9.59 Å². The molecule has 1 aliphatic heterocycles. The van der Waals surface area contributed by atoms with Gasteiger partial charge in [0.1, 0.15) is 6.33 Å². The Morgan fingerprint density at radius 1 is 1.00 bits per heavy atom. The monoisotopic (exact) mass is 419 g/mol. The number of carbonyl (C=O) groups is 2. The summed E-state index contributed by atoms with van der Waals surface area (Å²) in [6.07, 6.45) is 0.760. The number of Topliss-reactive ketones (excluding diaryl/α,β-unsaturated/α-hetero) is 1. The third kappa shape index (κ3) is 4.80. The predicted molar refractivity (Wildman–Crippen MR) is 116 cm³/mol. The van der Waals surface area contributed by atoms with Gasteiger partial charge < -0.3 is 14.9 Å². The van der Waals surface area contributed by atoms with Crippen molar-refractivity contribution < 1.29 is 14.7 Å². The zero-order valence-electron chi connectivity index (χ0n) is 17.4. The zero-order valence-corrected chi connectivity index (χ0v) is 17.4. The Morgan fingerprint density at radius 2 is 1.68 bits per heavy atom. The first kappa shape index (κ1) is 20.7. The van der Waals surface area contributed by atoms with Gasteiger partial charge in [0.2, 0.25) is 5.82 Å². The van der Waals surface area contributed by atoms with Crippen LogP contribution in [0.25, 0.3) is 0 Å². The van der Waals surface area contributed by atoms with E-state index in [1.165, 1.54) is 11.0 Å². The highest BCUT2D eigenvalue weighted by Gasteiger charge is 2.25. The van der Waals surface area contributed by atoms with E-state index in [0.29, 0.717) is 31.7 Å². The van der Waals surface area contributed by atoms with Gasteiger partial charge in [0.15, 0.2) is 5.78 Å². The molecule has 1 aliphatic rings. The number of ketones is 1. The highest BCUT2D eigenvalue weighted by molar-refractivity contribution is 5.94. The third-order valence-electron chi connectivity index (χ3n) is 5.48. The lowest BCUT2D eigenvalue weighted by atomic mass is 10.1. The Hall–Kier alpha value is -3.52. The van der Waals surface area contributed by atoms with Gasteiger partial charge in [0, 0.05) is 37.4 Å². The van der Waals surface area contributed by atoms with Gasteiger partial charge in [0.05, 0.1) is 12.6 Å². The second-order valence-corrected chi connectivity index (χ2v) is 7.60. The number of hydrogen-bond acceptors (Lipinski definition) is 6. The summed E-state index contributed by atoms with van der Waals surface area (Å²) in [5.74, 6) is -0.0239. The van der Waals surface area contributed by atoms with Crippen LogP contribution in [0.4, 0.5) is 5.69 Å². The highest BCUT2D eigenvalue weighted by atomic mass is 16.3.